The monoisotopic (exact) mass is 220 g/mol. The predicted molar refractivity (Wildman–Crippen MR) is 64.1 cm³/mol. The van der Waals surface area contributed by atoms with E-state index in [0.29, 0.717) is 5.92 Å². The van der Waals surface area contributed by atoms with Crippen LogP contribution in [0.25, 0.3) is 0 Å². The van der Waals surface area contributed by atoms with Gasteiger partial charge in [0.25, 0.3) is 0 Å². The van der Waals surface area contributed by atoms with Crippen LogP contribution in [-0.2, 0) is 9.47 Å². The minimum absolute atomic E-state index is 0.0623. The van der Waals surface area contributed by atoms with E-state index in [0.717, 1.165) is 6.42 Å². The van der Waals surface area contributed by atoms with Gasteiger partial charge in [-0.05, 0) is 18.4 Å². The number of benzene rings is 1. The Balaban J connectivity index is 2.10. The third-order valence-electron chi connectivity index (χ3n) is 3.29. The van der Waals surface area contributed by atoms with Crippen molar-refractivity contribution in [2.45, 2.75) is 38.6 Å². The molecule has 1 saturated heterocycles. The van der Waals surface area contributed by atoms with Crippen molar-refractivity contribution < 1.29 is 9.47 Å². The summed E-state index contributed by atoms with van der Waals surface area (Å²) in [6, 6.07) is 10.4. The van der Waals surface area contributed by atoms with Crippen LogP contribution in [0.2, 0.25) is 0 Å². The van der Waals surface area contributed by atoms with Gasteiger partial charge in [-0.3, -0.25) is 0 Å². The second kappa shape index (κ2) is 5.46. The van der Waals surface area contributed by atoms with E-state index in [1.165, 1.54) is 18.4 Å². The van der Waals surface area contributed by atoms with E-state index in [2.05, 4.69) is 31.2 Å². The molecule has 1 aromatic carbocycles. The van der Waals surface area contributed by atoms with Gasteiger partial charge < -0.3 is 9.47 Å². The Morgan fingerprint density at radius 1 is 1.19 bits per heavy atom. The lowest BCUT2D eigenvalue weighted by molar-refractivity contribution is -0.175. The molecule has 16 heavy (non-hydrogen) atoms. The Morgan fingerprint density at radius 2 is 1.94 bits per heavy atom. The molecule has 2 rings (SSSR count). The summed E-state index contributed by atoms with van der Waals surface area (Å²) in [6.07, 6.45) is 3.61. The van der Waals surface area contributed by atoms with Crippen LogP contribution in [-0.4, -0.2) is 13.4 Å². The molecular formula is C14H20O2. The van der Waals surface area contributed by atoms with Gasteiger partial charge in [0, 0.05) is 13.0 Å². The van der Waals surface area contributed by atoms with Gasteiger partial charge in [-0.15, -0.1) is 0 Å². The summed E-state index contributed by atoms with van der Waals surface area (Å²) in [5.41, 5.74) is 1.26. The van der Waals surface area contributed by atoms with Crippen molar-refractivity contribution in [2.24, 2.45) is 5.92 Å². The van der Waals surface area contributed by atoms with Gasteiger partial charge in [0.15, 0.2) is 6.29 Å². The second-order valence-corrected chi connectivity index (χ2v) is 4.55. The fourth-order valence-corrected chi connectivity index (χ4v) is 2.33. The normalized spacial score (nSPS) is 31.0. The molecule has 1 aromatic rings. The van der Waals surface area contributed by atoms with E-state index in [4.69, 9.17) is 9.47 Å². The number of ether oxygens (including phenoxy) is 2. The van der Waals surface area contributed by atoms with Gasteiger partial charge in [0.1, 0.15) is 0 Å². The van der Waals surface area contributed by atoms with Gasteiger partial charge in [-0.2, -0.15) is 0 Å². The van der Waals surface area contributed by atoms with Crippen LogP contribution >= 0.6 is 0 Å². The molecule has 88 valence electrons. The average molecular weight is 220 g/mol. The number of methoxy groups -OCH3 is 1. The van der Waals surface area contributed by atoms with E-state index in [1.54, 1.807) is 7.11 Å². The van der Waals surface area contributed by atoms with E-state index in [-0.39, 0.29) is 12.4 Å². The van der Waals surface area contributed by atoms with Crippen molar-refractivity contribution in [3.63, 3.8) is 0 Å². The first-order valence-electron chi connectivity index (χ1n) is 6.04. The molecule has 0 radical (unpaired) electrons. The van der Waals surface area contributed by atoms with Gasteiger partial charge in [-0.1, -0.05) is 43.7 Å². The minimum Gasteiger partial charge on any atom is -0.356 e. The zero-order chi connectivity index (χ0) is 11.4. The van der Waals surface area contributed by atoms with Crippen molar-refractivity contribution in [2.75, 3.05) is 7.11 Å². The van der Waals surface area contributed by atoms with Crippen molar-refractivity contribution in [3.05, 3.63) is 35.9 Å². The average Bonchev–Trinajstić information content (AvgIpc) is 2.52. The lowest BCUT2D eigenvalue weighted by Crippen LogP contribution is -2.23. The zero-order valence-corrected chi connectivity index (χ0v) is 10.1. The highest BCUT2D eigenvalue weighted by Crippen LogP contribution is 2.32. The Hall–Kier alpha value is -0.860. The molecule has 0 unspecified atom stereocenters. The van der Waals surface area contributed by atoms with Crippen LogP contribution in [0.15, 0.2) is 30.3 Å². The first-order valence-corrected chi connectivity index (χ1v) is 6.04. The van der Waals surface area contributed by atoms with Gasteiger partial charge in [0.2, 0.25) is 0 Å². The highest BCUT2D eigenvalue weighted by atomic mass is 16.7. The third-order valence-corrected chi connectivity index (χ3v) is 3.29. The molecule has 0 saturated carbocycles. The van der Waals surface area contributed by atoms with Crippen molar-refractivity contribution in [3.8, 4) is 0 Å². The first-order chi connectivity index (χ1) is 7.81. The van der Waals surface area contributed by atoms with Crippen molar-refractivity contribution in [1.29, 1.82) is 0 Å². The van der Waals surface area contributed by atoms with Crippen LogP contribution in [0.4, 0.5) is 0 Å². The van der Waals surface area contributed by atoms with Gasteiger partial charge >= 0.3 is 0 Å². The molecule has 0 bridgehead atoms. The molecule has 0 spiro atoms. The first kappa shape index (κ1) is 11.6. The third kappa shape index (κ3) is 2.63. The molecule has 1 heterocycles. The molecule has 1 aliphatic heterocycles. The smallest absolute Gasteiger partial charge is 0.160 e. The summed E-state index contributed by atoms with van der Waals surface area (Å²) in [5.74, 6) is 0.485. The summed E-state index contributed by atoms with van der Waals surface area (Å²) in [4.78, 5) is 0. The van der Waals surface area contributed by atoms with Crippen LogP contribution in [0.5, 0.6) is 0 Å². The Kier molecular flexibility index (Phi) is 3.97. The van der Waals surface area contributed by atoms with Crippen LogP contribution < -0.4 is 0 Å². The lowest BCUT2D eigenvalue weighted by Gasteiger charge is -2.24. The Bertz CT molecular complexity index is 310. The Labute approximate surface area is 97.6 Å². The van der Waals surface area contributed by atoms with Gasteiger partial charge in [-0.25, -0.2) is 0 Å². The number of hydrogen-bond donors (Lipinski definition) is 0. The predicted octanol–water partition coefficient (Wildman–Crippen LogP) is 3.54. The van der Waals surface area contributed by atoms with Crippen molar-refractivity contribution in [1.82, 2.24) is 0 Å². The molecule has 0 aliphatic carbocycles. The summed E-state index contributed by atoms with van der Waals surface area (Å²) >= 11 is 0. The highest BCUT2D eigenvalue weighted by molar-refractivity contribution is 5.17. The van der Waals surface area contributed by atoms with E-state index in [1.807, 2.05) is 6.07 Å². The van der Waals surface area contributed by atoms with E-state index in [9.17, 15) is 0 Å². The molecule has 2 nitrogen and oxygen atoms in total. The molecular weight excluding hydrogens is 200 g/mol. The minimum atomic E-state index is -0.0623. The molecule has 1 fully saturated rings. The quantitative estimate of drug-likeness (QED) is 0.759. The molecule has 0 amide bonds. The number of hydrogen-bond acceptors (Lipinski definition) is 2. The molecule has 1 aliphatic rings. The zero-order valence-electron chi connectivity index (χ0n) is 10.1. The fourth-order valence-electron chi connectivity index (χ4n) is 2.33. The maximum absolute atomic E-state index is 6.04. The Morgan fingerprint density at radius 3 is 2.62 bits per heavy atom. The molecule has 0 N–H and O–H groups in total. The van der Waals surface area contributed by atoms with Crippen LogP contribution in [0.1, 0.15) is 37.9 Å². The van der Waals surface area contributed by atoms with Crippen LogP contribution in [0.3, 0.4) is 0 Å². The fraction of sp³-hybridized carbons (Fsp3) is 0.571. The SMILES string of the molecule is CO[C@H]1O[C@@H](c2ccccc2)CCC[C@H]1C. The van der Waals surface area contributed by atoms with E-state index < -0.39 is 0 Å². The second-order valence-electron chi connectivity index (χ2n) is 4.55. The molecule has 3 atom stereocenters. The molecule has 0 aromatic heterocycles. The summed E-state index contributed by atoms with van der Waals surface area (Å²) in [6.45, 7) is 2.20. The lowest BCUT2D eigenvalue weighted by atomic mass is 10.0. The largest absolute Gasteiger partial charge is 0.356 e. The topological polar surface area (TPSA) is 18.5 Å². The standard InChI is InChI=1S/C14H20O2/c1-11-7-6-10-13(16-14(11)15-2)12-8-4-3-5-9-12/h3-5,8-9,11,13-14H,6-7,10H2,1-2H3/t11-,13-,14+/m1/s1. The van der Waals surface area contributed by atoms with Crippen molar-refractivity contribution >= 4 is 0 Å². The summed E-state index contributed by atoms with van der Waals surface area (Å²) in [5, 5.41) is 0. The van der Waals surface area contributed by atoms with E-state index >= 15 is 0 Å². The maximum atomic E-state index is 6.04. The number of rotatable bonds is 2. The van der Waals surface area contributed by atoms with Crippen LogP contribution in [0, 0.1) is 5.92 Å². The summed E-state index contributed by atoms with van der Waals surface area (Å²) in [7, 11) is 1.73. The molecule has 2 heteroatoms. The summed E-state index contributed by atoms with van der Waals surface area (Å²) < 4.78 is 11.4. The maximum Gasteiger partial charge on any atom is 0.160 e. The highest BCUT2D eigenvalue weighted by Gasteiger charge is 2.26. The van der Waals surface area contributed by atoms with Gasteiger partial charge in [0.05, 0.1) is 6.10 Å².